The van der Waals surface area contributed by atoms with Gasteiger partial charge in [0, 0.05) is 28.6 Å². The molecule has 4 aromatic carbocycles. The van der Waals surface area contributed by atoms with Crippen molar-refractivity contribution in [3.63, 3.8) is 0 Å². The molecular weight excluding hydrogens is 384 g/mol. The normalized spacial score (nSPS) is 10.8. The number of hydrogen-bond donors (Lipinski definition) is 2. The SMILES string of the molecule is Nc1ccc(Oc2ccc3nc(-c4ccccc4)c(-c4ccc(N)cc4)nc3c2)cc1. The number of nitrogen functional groups attached to an aromatic ring is 2. The molecule has 0 aliphatic carbocycles. The molecule has 0 bridgehead atoms. The number of benzene rings is 4. The number of nitrogens with zero attached hydrogens (tertiary/aromatic N) is 2. The van der Waals surface area contributed by atoms with Crippen molar-refractivity contribution >= 4 is 22.4 Å². The van der Waals surface area contributed by atoms with E-state index in [-0.39, 0.29) is 0 Å². The van der Waals surface area contributed by atoms with Crippen molar-refractivity contribution in [2.75, 3.05) is 11.5 Å². The van der Waals surface area contributed by atoms with E-state index in [9.17, 15) is 0 Å². The van der Waals surface area contributed by atoms with Gasteiger partial charge in [-0.3, -0.25) is 0 Å². The lowest BCUT2D eigenvalue weighted by atomic mass is 10.0. The Kier molecular flexibility index (Phi) is 4.69. The van der Waals surface area contributed by atoms with E-state index in [4.69, 9.17) is 26.2 Å². The highest BCUT2D eigenvalue weighted by Crippen LogP contribution is 2.33. The minimum Gasteiger partial charge on any atom is -0.457 e. The molecule has 0 spiro atoms. The van der Waals surface area contributed by atoms with Crippen molar-refractivity contribution in [2.45, 2.75) is 0 Å². The largest absolute Gasteiger partial charge is 0.457 e. The van der Waals surface area contributed by atoms with Gasteiger partial charge in [-0.2, -0.15) is 0 Å². The summed E-state index contributed by atoms with van der Waals surface area (Å²) in [7, 11) is 0. The number of hydrogen-bond acceptors (Lipinski definition) is 5. The molecule has 0 aliphatic rings. The van der Waals surface area contributed by atoms with E-state index in [1.165, 1.54) is 0 Å². The van der Waals surface area contributed by atoms with Crippen LogP contribution in [0.5, 0.6) is 11.5 Å². The zero-order valence-electron chi connectivity index (χ0n) is 16.7. The van der Waals surface area contributed by atoms with Gasteiger partial charge in [0.15, 0.2) is 0 Å². The quantitative estimate of drug-likeness (QED) is 0.363. The van der Waals surface area contributed by atoms with Gasteiger partial charge in [-0.05, 0) is 48.5 Å². The van der Waals surface area contributed by atoms with Crippen LogP contribution in [0.3, 0.4) is 0 Å². The fourth-order valence-corrected chi connectivity index (χ4v) is 3.41. The Morgan fingerprint density at radius 3 is 1.74 bits per heavy atom. The average molecular weight is 404 g/mol. The first-order valence-corrected chi connectivity index (χ1v) is 9.92. The third-order valence-electron chi connectivity index (χ3n) is 4.98. The molecule has 5 rings (SSSR count). The van der Waals surface area contributed by atoms with Crippen LogP contribution < -0.4 is 16.2 Å². The van der Waals surface area contributed by atoms with Crippen LogP contribution in [0.4, 0.5) is 11.4 Å². The van der Waals surface area contributed by atoms with Crippen LogP contribution in [0.1, 0.15) is 0 Å². The van der Waals surface area contributed by atoms with E-state index in [0.29, 0.717) is 22.9 Å². The Morgan fingerprint density at radius 1 is 0.516 bits per heavy atom. The molecule has 1 aromatic heterocycles. The summed E-state index contributed by atoms with van der Waals surface area (Å²) < 4.78 is 5.98. The minimum atomic E-state index is 0.683. The number of fused-ring (bicyclic) bond motifs is 1. The molecule has 0 fully saturated rings. The summed E-state index contributed by atoms with van der Waals surface area (Å²) in [5.41, 5.74) is 18.2. The first kappa shape index (κ1) is 18.6. The minimum absolute atomic E-state index is 0.683. The van der Waals surface area contributed by atoms with Gasteiger partial charge >= 0.3 is 0 Å². The van der Waals surface area contributed by atoms with E-state index in [1.807, 2.05) is 97.1 Å². The lowest BCUT2D eigenvalue weighted by molar-refractivity contribution is 0.483. The summed E-state index contributed by atoms with van der Waals surface area (Å²) in [5, 5.41) is 0. The molecule has 0 unspecified atom stereocenters. The smallest absolute Gasteiger partial charge is 0.129 e. The van der Waals surface area contributed by atoms with Crippen LogP contribution in [-0.2, 0) is 0 Å². The molecule has 0 atom stereocenters. The van der Waals surface area contributed by atoms with Crippen molar-refractivity contribution in [2.24, 2.45) is 0 Å². The summed E-state index contributed by atoms with van der Waals surface area (Å²) in [6, 6.07) is 30.7. The molecule has 0 saturated carbocycles. The monoisotopic (exact) mass is 404 g/mol. The molecule has 150 valence electrons. The molecule has 4 N–H and O–H groups in total. The summed E-state index contributed by atoms with van der Waals surface area (Å²) >= 11 is 0. The first-order chi connectivity index (χ1) is 15.2. The maximum absolute atomic E-state index is 5.98. The Hall–Kier alpha value is -4.38. The molecule has 0 radical (unpaired) electrons. The standard InChI is InChI=1S/C26H20N4O/c27-19-8-6-18(7-9-19)26-25(17-4-2-1-3-5-17)29-23-15-14-22(16-24(23)30-26)31-21-12-10-20(28)11-13-21/h1-16H,27-28H2. The zero-order chi connectivity index (χ0) is 21.2. The van der Waals surface area contributed by atoms with Crippen LogP contribution in [0, 0.1) is 0 Å². The highest BCUT2D eigenvalue weighted by Gasteiger charge is 2.14. The second-order valence-electron chi connectivity index (χ2n) is 7.23. The van der Waals surface area contributed by atoms with Crippen molar-refractivity contribution in [3.8, 4) is 34.0 Å². The highest BCUT2D eigenvalue weighted by molar-refractivity contribution is 5.87. The fraction of sp³-hybridized carbons (Fsp3) is 0. The number of ether oxygens (including phenoxy) is 1. The van der Waals surface area contributed by atoms with Gasteiger partial charge < -0.3 is 16.2 Å². The first-order valence-electron chi connectivity index (χ1n) is 9.92. The van der Waals surface area contributed by atoms with Gasteiger partial charge in [-0.25, -0.2) is 9.97 Å². The van der Waals surface area contributed by atoms with Crippen LogP contribution in [-0.4, -0.2) is 9.97 Å². The van der Waals surface area contributed by atoms with Crippen LogP contribution >= 0.6 is 0 Å². The maximum atomic E-state index is 5.98. The van der Waals surface area contributed by atoms with Crippen molar-refractivity contribution in [1.82, 2.24) is 9.97 Å². The van der Waals surface area contributed by atoms with Crippen LogP contribution in [0.25, 0.3) is 33.5 Å². The van der Waals surface area contributed by atoms with E-state index >= 15 is 0 Å². The molecule has 5 heteroatoms. The molecular formula is C26H20N4O. The van der Waals surface area contributed by atoms with E-state index in [1.54, 1.807) is 0 Å². The van der Waals surface area contributed by atoms with E-state index in [2.05, 4.69) is 0 Å². The number of aromatic nitrogens is 2. The van der Waals surface area contributed by atoms with Gasteiger partial charge in [0.2, 0.25) is 0 Å². The topological polar surface area (TPSA) is 87.0 Å². The van der Waals surface area contributed by atoms with Crippen molar-refractivity contribution < 1.29 is 4.74 Å². The fourth-order valence-electron chi connectivity index (χ4n) is 3.41. The molecule has 1 heterocycles. The van der Waals surface area contributed by atoms with Crippen LogP contribution in [0.15, 0.2) is 97.1 Å². The third-order valence-corrected chi connectivity index (χ3v) is 4.98. The lowest BCUT2D eigenvalue weighted by Crippen LogP contribution is -1.96. The Bertz CT molecular complexity index is 1350. The average Bonchev–Trinajstić information content (AvgIpc) is 2.81. The Morgan fingerprint density at radius 2 is 1.06 bits per heavy atom. The number of nitrogens with two attached hydrogens (primary N) is 2. The molecule has 31 heavy (non-hydrogen) atoms. The zero-order valence-corrected chi connectivity index (χ0v) is 16.7. The van der Waals surface area contributed by atoms with Gasteiger partial charge in [0.05, 0.1) is 22.4 Å². The van der Waals surface area contributed by atoms with Gasteiger partial charge in [-0.15, -0.1) is 0 Å². The summed E-state index contributed by atoms with van der Waals surface area (Å²) in [4.78, 5) is 9.90. The predicted octanol–water partition coefficient (Wildman–Crippen LogP) is 5.92. The highest BCUT2D eigenvalue weighted by atomic mass is 16.5. The van der Waals surface area contributed by atoms with Gasteiger partial charge in [0.25, 0.3) is 0 Å². The van der Waals surface area contributed by atoms with Gasteiger partial charge in [-0.1, -0.05) is 42.5 Å². The van der Waals surface area contributed by atoms with Crippen molar-refractivity contribution in [1.29, 1.82) is 0 Å². The number of rotatable bonds is 4. The third kappa shape index (κ3) is 3.89. The van der Waals surface area contributed by atoms with E-state index < -0.39 is 0 Å². The second-order valence-corrected chi connectivity index (χ2v) is 7.23. The number of anilines is 2. The summed E-state index contributed by atoms with van der Waals surface area (Å²) in [6.07, 6.45) is 0. The van der Waals surface area contributed by atoms with Crippen molar-refractivity contribution in [3.05, 3.63) is 97.1 Å². The summed E-state index contributed by atoms with van der Waals surface area (Å²) in [5.74, 6) is 1.39. The predicted molar refractivity (Wildman–Crippen MR) is 126 cm³/mol. The Labute approximate surface area is 180 Å². The van der Waals surface area contributed by atoms with Gasteiger partial charge in [0.1, 0.15) is 11.5 Å². The Balaban J connectivity index is 1.63. The summed E-state index contributed by atoms with van der Waals surface area (Å²) in [6.45, 7) is 0. The lowest BCUT2D eigenvalue weighted by Gasteiger charge is -2.12. The molecule has 5 aromatic rings. The molecule has 0 saturated heterocycles. The molecule has 0 aliphatic heterocycles. The second kappa shape index (κ2) is 7.80. The van der Waals surface area contributed by atoms with Crippen LogP contribution in [0.2, 0.25) is 0 Å². The maximum Gasteiger partial charge on any atom is 0.129 e. The van der Waals surface area contributed by atoms with E-state index in [0.717, 1.165) is 33.5 Å². The molecule has 0 amide bonds. The molecule has 5 nitrogen and oxygen atoms in total.